The van der Waals surface area contributed by atoms with E-state index in [1.54, 1.807) is 68.6 Å². The number of hydrogen-bond acceptors (Lipinski definition) is 6. The van der Waals surface area contributed by atoms with Crippen molar-refractivity contribution in [3.05, 3.63) is 84.4 Å². The fourth-order valence-corrected chi connectivity index (χ4v) is 5.61. The molecule has 0 aliphatic heterocycles. The summed E-state index contributed by atoms with van der Waals surface area (Å²) in [5.41, 5.74) is 1.07. The third-order valence-corrected chi connectivity index (χ3v) is 8.34. The van der Waals surface area contributed by atoms with Crippen molar-refractivity contribution >= 4 is 27.5 Å². The van der Waals surface area contributed by atoms with E-state index in [0.29, 0.717) is 30.3 Å². The number of carbonyl (C=O) groups is 2. The number of hydrogen-bond donors (Lipinski definition) is 1. The molecule has 10 heteroatoms. The minimum Gasteiger partial charge on any atom is -0.497 e. The Kier molecular flexibility index (Phi) is 11.6. The number of nitrogens with zero attached hydrogens (tertiary/aromatic N) is 2. The van der Waals surface area contributed by atoms with Gasteiger partial charge in [-0.25, -0.2) is 8.42 Å². The molecule has 41 heavy (non-hydrogen) atoms. The standard InChI is InChI=1S/C31H39N3O6S/c1-5-7-21-32-31(36)24(3)33(22-25-13-17-27(39-4)18-14-25)30(35)23-34(26-15-19-28(20-16-26)40-6-2)41(37,38)29-11-9-8-10-12-29/h8-20,24H,5-7,21-23H2,1-4H3,(H,32,36)/t24-/m1/s1. The van der Waals surface area contributed by atoms with Gasteiger partial charge in [-0.05, 0) is 74.4 Å². The Labute approximate surface area is 243 Å². The molecular formula is C31H39N3O6S. The van der Waals surface area contributed by atoms with Gasteiger partial charge in [0.2, 0.25) is 11.8 Å². The molecule has 0 aromatic heterocycles. The number of unbranched alkanes of at least 4 members (excludes halogenated alkanes) is 1. The molecule has 0 heterocycles. The van der Waals surface area contributed by atoms with Crippen LogP contribution in [0.5, 0.6) is 11.5 Å². The molecular weight excluding hydrogens is 542 g/mol. The molecule has 9 nitrogen and oxygen atoms in total. The van der Waals surface area contributed by atoms with E-state index < -0.39 is 28.5 Å². The predicted octanol–water partition coefficient (Wildman–Crippen LogP) is 4.62. The number of amides is 2. The van der Waals surface area contributed by atoms with Crippen LogP contribution in [0.2, 0.25) is 0 Å². The van der Waals surface area contributed by atoms with Crippen LogP contribution >= 0.6 is 0 Å². The summed E-state index contributed by atoms with van der Waals surface area (Å²) < 4.78 is 39.5. The van der Waals surface area contributed by atoms with E-state index in [2.05, 4.69) is 5.32 Å². The van der Waals surface area contributed by atoms with E-state index >= 15 is 0 Å². The van der Waals surface area contributed by atoms with Gasteiger partial charge in [-0.15, -0.1) is 0 Å². The zero-order valence-electron chi connectivity index (χ0n) is 24.1. The molecule has 3 aromatic carbocycles. The minimum absolute atomic E-state index is 0.0498. The highest BCUT2D eigenvalue weighted by atomic mass is 32.2. The van der Waals surface area contributed by atoms with Crippen molar-refractivity contribution in [3.63, 3.8) is 0 Å². The first-order chi connectivity index (χ1) is 19.7. The smallest absolute Gasteiger partial charge is 0.264 e. The normalized spacial score (nSPS) is 11.8. The van der Waals surface area contributed by atoms with E-state index in [-0.39, 0.29) is 17.3 Å². The van der Waals surface area contributed by atoms with E-state index in [0.717, 1.165) is 22.7 Å². The second-order valence-corrected chi connectivity index (χ2v) is 11.3. The van der Waals surface area contributed by atoms with Gasteiger partial charge in [0.15, 0.2) is 0 Å². The summed E-state index contributed by atoms with van der Waals surface area (Å²) in [6.07, 6.45) is 1.73. The molecule has 3 aromatic rings. The molecule has 1 atom stereocenters. The highest BCUT2D eigenvalue weighted by Crippen LogP contribution is 2.26. The Balaban J connectivity index is 1.98. The number of methoxy groups -OCH3 is 1. The van der Waals surface area contributed by atoms with Crippen LogP contribution in [0.1, 0.15) is 39.2 Å². The summed E-state index contributed by atoms with van der Waals surface area (Å²) in [5.74, 6) is 0.414. The summed E-state index contributed by atoms with van der Waals surface area (Å²) in [6, 6.07) is 20.8. The molecule has 0 radical (unpaired) electrons. The summed E-state index contributed by atoms with van der Waals surface area (Å²) in [7, 11) is -2.56. The maximum Gasteiger partial charge on any atom is 0.264 e. The lowest BCUT2D eigenvalue weighted by Gasteiger charge is -2.32. The summed E-state index contributed by atoms with van der Waals surface area (Å²) >= 11 is 0. The van der Waals surface area contributed by atoms with Crippen LogP contribution in [0.3, 0.4) is 0 Å². The lowest BCUT2D eigenvalue weighted by atomic mass is 10.1. The molecule has 0 aliphatic carbocycles. The van der Waals surface area contributed by atoms with Gasteiger partial charge in [0, 0.05) is 13.1 Å². The molecule has 220 valence electrons. The molecule has 1 N–H and O–H groups in total. The van der Waals surface area contributed by atoms with Gasteiger partial charge in [0.1, 0.15) is 24.1 Å². The Morgan fingerprint density at radius 3 is 2.12 bits per heavy atom. The molecule has 0 unspecified atom stereocenters. The minimum atomic E-state index is -4.13. The topological polar surface area (TPSA) is 105 Å². The first-order valence-corrected chi connectivity index (χ1v) is 15.2. The molecule has 0 saturated heterocycles. The molecule has 2 amide bonds. The quantitative estimate of drug-likeness (QED) is 0.263. The molecule has 0 bridgehead atoms. The molecule has 0 spiro atoms. The van der Waals surface area contributed by atoms with Gasteiger partial charge in [0.05, 0.1) is 24.3 Å². The van der Waals surface area contributed by atoms with Crippen LogP contribution in [0.4, 0.5) is 5.69 Å². The molecule has 0 fully saturated rings. The van der Waals surface area contributed by atoms with Crippen LogP contribution in [0.15, 0.2) is 83.8 Å². The Bertz CT molecular complexity index is 1360. The number of ether oxygens (including phenoxy) is 2. The third kappa shape index (κ3) is 8.47. The zero-order chi connectivity index (χ0) is 29.8. The first kappa shape index (κ1) is 31.5. The average molecular weight is 582 g/mol. The number of sulfonamides is 1. The highest BCUT2D eigenvalue weighted by molar-refractivity contribution is 7.92. The summed E-state index contributed by atoms with van der Waals surface area (Å²) in [5, 5.41) is 2.88. The van der Waals surface area contributed by atoms with E-state index in [4.69, 9.17) is 9.47 Å². The second kappa shape index (κ2) is 15.1. The van der Waals surface area contributed by atoms with Crippen LogP contribution < -0.4 is 19.1 Å². The fourth-order valence-electron chi connectivity index (χ4n) is 4.17. The van der Waals surface area contributed by atoms with Gasteiger partial charge in [-0.3, -0.25) is 13.9 Å². The maximum absolute atomic E-state index is 14.0. The monoisotopic (exact) mass is 581 g/mol. The number of nitrogens with one attached hydrogen (secondary N) is 1. The van der Waals surface area contributed by atoms with Crippen LogP contribution in [0, 0.1) is 0 Å². The van der Waals surface area contributed by atoms with Crippen molar-refractivity contribution in [2.75, 3.05) is 31.1 Å². The van der Waals surface area contributed by atoms with Crippen molar-refractivity contribution in [3.8, 4) is 11.5 Å². The molecule has 3 rings (SSSR count). The maximum atomic E-state index is 14.0. The Morgan fingerprint density at radius 2 is 1.54 bits per heavy atom. The van der Waals surface area contributed by atoms with Gasteiger partial charge >= 0.3 is 0 Å². The van der Waals surface area contributed by atoms with Gasteiger partial charge in [0.25, 0.3) is 10.0 Å². The SMILES string of the molecule is CCCCNC(=O)[C@@H](C)N(Cc1ccc(OC)cc1)C(=O)CN(c1ccc(OCC)cc1)S(=O)(=O)c1ccccc1. The zero-order valence-corrected chi connectivity index (χ0v) is 24.9. The van der Waals surface area contributed by atoms with Gasteiger partial charge in [-0.1, -0.05) is 43.7 Å². The summed E-state index contributed by atoms with van der Waals surface area (Å²) in [4.78, 5) is 28.5. The van der Waals surface area contributed by atoms with Crippen LogP contribution in [0.25, 0.3) is 0 Å². The van der Waals surface area contributed by atoms with Crippen molar-refractivity contribution in [2.24, 2.45) is 0 Å². The molecule has 0 aliphatic rings. The largest absolute Gasteiger partial charge is 0.497 e. The van der Waals surface area contributed by atoms with Crippen molar-refractivity contribution in [1.82, 2.24) is 10.2 Å². The second-order valence-electron chi connectivity index (χ2n) is 9.44. The van der Waals surface area contributed by atoms with E-state index in [1.807, 2.05) is 26.0 Å². The Hall–Kier alpha value is -4.05. The first-order valence-electron chi connectivity index (χ1n) is 13.7. The number of rotatable bonds is 15. The highest BCUT2D eigenvalue weighted by Gasteiger charge is 2.32. The predicted molar refractivity (Wildman–Crippen MR) is 160 cm³/mol. The van der Waals surface area contributed by atoms with Crippen molar-refractivity contribution < 1.29 is 27.5 Å². The fraction of sp³-hybridized carbons (Fsp3) is 0.355. The van der Waals surface area contributed by atoms with Crippen molar-refractivity contribution in [1.29, 1.82) is 0 Å². The number of benzene rings is 3. The lowest BCUT2D eigenvalue weighted by Crippen LogP contribution is -2.51. The number of carbonyl (C=O) groups excluding carboxylic acids is 2. The van der Waals surface area contributed by atoms with Gasteiger partial charge < -0.3 is 19.7 Å². The van der Waals surface area contributed by atoms with E-state index in [9.17, 15) is 18.0 Å². The lowest BCUT2D eigenvalue weighted by molar-refractivity contribution is -0.139. The molecule has 0 saturated carbocycles. The Morgan fingerprint density at radius 1 is 0.902 bits per heavy atom. The average Bonchev–Trinajstić information content (AvgIpc) is 2.99. The number of anilines is 1. The van der Waals surface area contributed by atoms with Crippen LogP contribution in [-0.2, 0) is 26.2 Å². The van der Waals surface area contributed by atoms with Gasteiger partial charge in [-0.2, -0.15) is 0 Å². The van der Waals surface area contributed by atoms with Crippen LogP contribution in [-0.4, -0.2) is 58.0 Å². The van der Waals surface area contributed by atoms with Crippen molar-refractivity contribution in [2.45, 2.75) is 51.1 Å². The third-order valence-electron chi connectivity index (χ3n) is 6.55. The van der Waals surface area contributed by atoms with E-state index in [1.165, 1.54) is 17.0 Å². The summed E-state index contributed by atoms with van der Waals surface area (Å²) in [6.45, 7) is 6.08.